The Morgan fingerprint density at radius 1 is 1.05 bits per heavy atom. The Balaban J connectivity index is 1.85. The Morgan fingerprint density at radius 2 is 1.77 bits per heavy atom. The molecule has 3 unspecified atom stereocenters. The van der Waals surface area contributed by atoms with E-state index in [1.165, 1.54) is 6.07 Å². The van der Waals surface area contributed by atoms with Crippen molar-refractivity contribution in [2.45, 2.75) is 25.1 Å². The second kappa shape index (κ2) is 6.04. The molecule has 0 aliphatic carbocycles. The molecule has 3 rings (SSSR count). The predicted octanol–water partition coefficient (Wildman–Crippen LogP) is 2.74. The van der Waals surface area contributed by atoms with Crippen molar-refractivity contribution in [2.24, 2.45) is 0 Å². The zero-order valence-corrected chi connectivity index (χ0v) is 12.7. The first kappa shape index (κ1) is 15.0. The van der Waals surface area contributed by atoms with E-state index in [2.05, 4.69) is 10.9 Å². The average Bonchev–Trinajstić information content (AvgIpc) is 2.83. The molecule has 0 aromatic heterocycles. The smallest absolute Gasteiger partial charge is 0.136 e. The van der Waals surface area contributed by atoms with Gasteiger partial charge in [0, 0.05) is 16.7 Å². The quantitative estimate of drug-likeness (QED) is 0.700. The summed E-state index contributed by atoms with van der Waals surface area (Å²) < 4.78 is 6.04. The van der Waals surface area contributed by atoms with Crippen LogP contribution in [-0.4, -0.2) is 22.4 Å². The Labute approximate surface area is 133 Å². The highest BCUT2D eigenvalue weighted by molar-refractivity contribution is 6.30. The number of aromatic hydroxyl groups is 2. The molecule has 1 aliphatic heterocycles. The van der Waals surface area contributed by atoms with E-state index >= 15 is 0 Å². The SMILES string of the molecule is CC1NNC(c2ccc(O)cc2O)C1Oc1ccc(Cl)cc1. The Bertz CT molecular complexity index is 663. The lowest BCUT2D eigenvalue weighted by molar-refractivity contribution is 0.171. The van der Waals surface area contributed by atoms with Crippen molar-refractivity contribution in [1.29, 1.82) is 0 Å². The van der Waals surface area contributed by atoms with Crippen LogP contribution in [0.2, 0.25) is 5.02 Å². The van der Waals surface area contributed by atoms with Gasteiger partial charge in [0.25, 0.3) is 0 Å². The Kier molecular flexibility index (Phi) is 4.11. The van der Waals surface area contributed by atoms with Crippen LogP contribution in [0.3, 0.4) is 0 Å². The summed E-state index contributed by atoms with van der Waals surface area (Å²) in [4.78, 5) is 0. The predicted molar refractivity (Wildman–Crippen MR) is 84.1 cm³/mol. The van der Waals surface area contributed by atoms with Crippen LogP contribution in [0.5, 0.6) is 17.2 Å². The molecule has 0 bridgehead atoms. The van der Waals surface area contributed by atoms with Crippen molar-refractivity contribution < 1.29 is 14.9 Å². The van der Waals surface area contributed by atoms with Gasteiger partial charge in [0.05, 0.1) is 12.1 Å². The monoisotopic (exact) mass is 320 g/mol. The van der Waals surface area contributed by atoms with Crippen LogP contribution in [-0.2, 0) is 0 Å². The third-order valence-corrected chi connectivity index (χ3v) is 3.97. The molecule has 6 heteroatoms. The summed E-state index contributed by atoms with van der Waals surface area (Å²) in [6.45, 7) is 1.99. The number of hydrogen-bond donors (Lipinski definition) is 4. The number of benzene rings is 2. The zero-order chi connectivity index (χ0) is 15.7. The van der Waals surface area contributed by atoms with Gasteiger partial charge in [-0.1, -0.05) is 11.6 Å². The molecular weight excluding hydrogens is 304 g/mol. The Hall–Kier alpha value is -1.95. The first-order valence-corrected chi connectivity index (χ1v) is 7.37. The molecular formula is C16H17ClN2O3. The summed E-state index contributed by atoms with van der Waals surface area (Å²) in [7, 11) is 0. The normalized spacial score (nSPS) is 24.4. The molecule has 0 radical (unpaired) electrons. The van der Waals surface area contributed by atoms with Gasteiger partial charge >= 0.3 is 0 Å². The van der Waals surface area contributed by atoms with E-state index < -0.39 is 0 Å². The molecule has 3 atom stereocenters. The Morgan fingerprint density at radius 3 is 2.45 bits per heavy atom. The first-order chi connectivity index (χ1) is 10.5. The highest BCUT2D eigenvalue weighted by Gasteiger charge is 2.37. The van der Waals surface area contributed by atoms with Gasteiger partial charge in [-0.3, -0.25) is 5.43 Å². The van der Waals surface area contributed by atoms with Crippen LogP contribution in [0.1, 0.15) is 18.5 Å². The molecule has 4 N–H and O–H groups in total. The first-order valence-electron chi connectivity index (χ1n) is 7.00. The number of hydrazine groups is 1. The molecule has 2 aromatic carbocycles. The minimum absolute atomic E-state index is 0.0235. The molecule has 1 heterocycles. The molecule has 5 nitrogen and oxygen atoms in total. The third kappa shape index (κ3) is 2.97. The van der Waals surface area contributed by atoms with Gasteiger partial charge in [0.2, 0.25) is 0 Å². The fraction of sp³-hybridized carbons (Fsp3) is 0.250. The van der Waals surface area contributed by atoms with Gasteiger partial charge in [0.1, 0.15) is 23.4 Å². The number of halogens is 1. The number of nitrogens with one attached hydrogen (secondary N) is 2. The number of ether oxygens (including phenoxy) is 1. The second-order valence-corrected chi connectivity index (χ2v) is 5.77. The lowest BCUT2D eigenvalue weighted by atomic mass is 9.98. The summed E-state index contributed by atoms with van der Waals surface area (Å²) in [6.07, 6.45) is -0.225. The van der Waals surface area contributed by atoms with Crippen LogP contribution in [0.15, 0.2) is 42.5 Å². The van der Waals surface area contributed by atoms with Gasteiger partial charge < -0.3 is 14.9 Å². The van der Waals surface area contributed by atoms with Gasteiger partial charge in [-0.25, -0.2) is 5.43 Å². The van der Waals surface area contributed by atoms with Crippen LogP contribution < -0.4 is 15.6 Å². The number of rotatable bonds is 3. The molecule has 1 fully saturated rings. The molecule has 1 aliphatic rings. The van der Waals surface area contributed by atoms with Crippen molar-refractivity contribution >= 4 is 11.6 Å². The maximum Gasteiger partial charge on any atom is 0.136 e. The largest absolute Gasteiger partial charge is 0.508 e. The van der Waals surface area contributed by atoms with E-state index in [1.54, 1.807) is 36.4 Å². The van der Waals surface area contributed by atoms with Crippen molar-refractivity contribution in [2.75, 3.05) is 0 Å². The van der Waals surface area contributed by atoms with Gasteiger partial charge in [0.15, 0.2) is 0 Å². The summed E-state index contributed by atoms with van der Waals surface area (Å²) in [5, 5.41) is 20.1. The third-order valence-electron chi connectivity index (χ3n) is 3.72. The zero-order valence-electron chi connectivity index (χ0n) is 12.0. The fourth-order valence-electron chi connectivity index (χ4n) is 2.56. The van der Waals surface area contributed by atoms with E-state index in [4.69, 9.17) is 16.3 Å². The van der Waals surface area contributed by atoms with Crippen molar-refractivity contribution in [1.82, 2.24) is 10.9 Å². The van der Waals surface area contributed by atoms with Crippen LogP contribution in [0.25, 0.3) is 0 Å². The maximum absolute atomic E-state index is 10.1. The van der Waals surface area contributed by atoms with E-state index in [1.807, 2.05) is 6.92 Å². The van der Waals surface area contributed by atoms with Crippen LogP contribution in [0.4, 0.5) is 0 Å². The minimum atomic E-state index is -0.244. The summed E-state index contributed by atoms with van der Waals surface area (Å²) in [5.41, 5.74) is 6.90. The molecule has 116 valence electrons. The summed E-state index contributed by atoms with van der Waals surface area (Å²) in [6, 6.07) is 11.5. The second-order valence-electron chi connectivity index (χ2n) is 5.33. The fourth-order valence-corrected chi connectivity index (χ4v) is 2.69. The highest BCUT2D eigenvalue weighted by Crippen LogP contribution is 2.34. The average molecular weight is 321 g/mol. The van der Waals surface area contributed by atoms with Crippen molar-refractivity contribution in [3.63, 3.8) is 0 Å². The van der Waals surface area contributed by atoms with Gasteiger partial charge in [-0.05, 0) is 43.3 Å². The van der Waals surface area contributed by atoms with E-state index in [9.17, 15) is 10.2 Å². The number of phenolic OH excluding ortho intramolecular Hbond substituents is 2. The lowest BCUT2D eigenvalue weighted by Gasteiger charge is -2.23. The molecule has 0 saturated carbocycles. The van der Waals surface area contributed by atoms with Crippen LogP contribution >= 0.6 is 11.6 Å². The molecule has 1 saturated heterocycles. The molecule has 0 amide bonds. The topological polar surface area (TPSA) is 73.8 Å². The number of hydrogen-bond acceptors (Lipinski definition) is 5. The summed E-state index contributed by atoms with van der Waals surface area (Å²) >= 11 is 5.88. The van der Waals surface area contributed by atoms with Crippen molar-refractivity contribution in [3.05, 3.63) is 53.1 Å². The molecule has 2 aromatic rings. The standard InChI is InChI=1S/C16H17ClN2O3/c1-9-16(22-12-5-2-10(17)3-6-12)15(19-18-9)13-7-4-11(20)8-14(13)21/h2-9,15-16,18-21H,1H3. The molecule has 22 heavy (non-hydrogen) atoms. The highest BCUT2D eigenvalue weighted by atomic mass is 35.5. The van der Waals surface area contributed by atoms with Gasteiger partial charge in [-0.2, -0.15) is 0 Å². The van der Waals surface area contributed by atoms with E-state index in [0.717, 1.165) is 0 Å². The van der Waals surface area contributed by atoms with Gasteiger partial charge in [-0.15, -0.1) is 0 Å². The van der Waals surface area contributed by atoms with E-state index in [-0.39, 0.29) is 29.7 Å². The molecule has 0 spiro atoms. The maximum atomic E-state index is 10.1. The summed E-state index contributed by atoms with van der Waals surface area (Å²) in [5.74, 6) is 0.753. The minimum Gasteiger partial charge on any atom is -0.508 e. The van der Waals surface area contributed by atoms with E-state index in [0.29, 0.717) is 16.3 Å². The van der Waals surface area contributed by atoms with Crippen LogP contribution in [0, 0.1) is 0 Å². The van der Waals surface area contributed by atoms with Crippen molar-refractivity contribution in [3.8, 4) is 17.2 Å². The number of phenols is 2. The lowest BCUT2D eigenvalue weighted by Crippen LogP contribution is -2.33.